The van der Waals surface area contributed by atoms with Gasteiger partial charge in [0.2, 0.25) is 0 Å². The van der Waals surface area contributed by atoms with Crippen LogP contribution in [0.2, 0.25) is 0 Å². The summed E-state index contributed by atoms with van der Waals surface area (Å²) in [7, 11) is -2.73. The summed E-state index contributed by atoms with van der Waals surface area (Å²) in [6.45, 7) is 0.359. The van der Waals surface area contributed by atoms with E-state index >= 15 is 0 Å². The van der Waals surface area contributed by atoms with Crippen molar-refractivity contribution in [1.29, 1.82) is 0 Å². The number of methoxy groups -OCH3 is 1. The van der Waals surface area contributed by atoms with Crippen LogP contribution in [0.3, 0.4) is 0 Å². The molecule has 3 aromatic rings. The molecule has 0 unspecified atom stereocenters. The van der Waals surface area contributed by atoms with Gasteiger partial charge in [0.05, 0.1) is 30.2 Å². The van der Waals surface area contributed by atoms with Crippen molar-refractivity contribution in [2.45, 2.75) is 25.3 Å². The molecule has 1 aliphatic rings. The predicted molar refractivity (Wildman–Crippen MR) is 108 cm³/mol. The summed E-state index contributed by atoms with van der Waals surface area (Å²) in [5.74, 6) is -0.313. The molecule has 1 amide bonds. The molecule has 0 saturated heterocycles. The Kier molecular flexibility index (Phi) is 4.88. The Morgan fingerprint density at radius 3 is 2.80 bits per heavy atom. The number of carbonyl (C=O) groups excluding carboxylic acids is 1. The van der Waals surface area contributed by atoms with Crippen molar-refractivity contribution >= 4 is 5.91 Å². The van der Waals surface area contributed by atoms with Crippen LogP contribution in [-0.4, -0.2) is 40.6 Å². The number of hydrogen-bond donors (Lipinski definition) is 1. The smallest absolute Gasteiger partial charge is 0.257 e. The Bertz CT molecular complexity index is 1090. The predicted octanol–water partition coefficient (Wildman–Crippen LogP) is 3.39. The van der Waals surface area contributed by atoms with Crippen LogP contribution in [0.1, 0.15) is 33.7 Å². The van der Waals surface area contributed by atoms with E-state index in [0.717, 1.165) is 19.3 Å². The maximum atomic E-state index is 13.4. The summed E-state index contributed by atoms with van der Waals surface area (Å²) in [4.78, 5) is 14.6. The monoisotopic (exact) mass is 413 g/mol. The standard InChI is InChI=1S/C22H23FN4O3/c1-29-20-7-3-6-19(27-24-12-13-25-27)21(20)22(28)26-18-5-2-4-15(18)14-30-17-10-8-16(23)9-11-17/h3,6-13,15,18H,2,4-5,14H2,1H3,(H,26,28)/t15-,18+/m1/s1/i1D3. The molecule has 1 saturated carbocycles. The van der Waals surface area contributed by atoms with Gasteiger partial charge < -0.3 is 14.8 Å². The van der Waals surface area contributed by atoms with Crippen LogP contribution >= 0.6 is 0 Å². The number of halogens is 1. The fourth-order valence-corrected chi connectivity index (χ4v) is 3.74. The van der Waals surface area contributed by atoms with E-state index in [1.807, 2.05) is 0 Å². The molecule has 0 bridgehead atoms. The van der Waals surface area contributed by atoms with Gasteiger partial charge in [-0.2, -0.15) is 15.0 Å². The highest BCUT2D eigenvalue weighted by Gasteiger charge is 2.31. The van der Waals surface area contributed by atoms with Gasteiger partial charge in [0.1, 0.15) is 28.6 Å². The number of carbonyl (C=O) groups is 1. The first kappa shape index (κ1) is 16.4. The molecule has 156 valence electrons. The third-order valence-electron chi connectivity index (χ3n) is 5.23. The highest BCUT2D eigenvalue weighted by Crippen LogP contribution is 2.29. The average molecular weight is 413 g/mol. The minimum atomic E-state index is -2.73. The van der Waals surface area contributed by atoms with E-state index in [4.69, 9.17) is 13.6 Å². The molecule has 2 atom stereocenters. The quantitative estimate of drug-likeness (QED) is 0.642. The van der Waals surface area contributed by atoms with Gasteiger partial charge in [-0.15, -0.1) is 0 Å². The van der Waals surface area contributed by atoms with Crippen molar-refractivity contribution < 1.29 is 22.8 Å². The molecule has 0 radical (unpaired) electrons. The number of nitrogens with one attached hydrogen (secondary N) is 1. The summed E-state index contributed by atoms with van der Waals surface area (Å²) >= 11 is 0. The maximum absolute atomic E-state index is 13.4. The van der Waals surface area contributed by atoms with Gasteiger partial charge in [-0.3, -0.25) is 4.79 Å². The fraction of sp³-hybridized carbons (Fsp3) is 0.318. The van der Waals surface area contributed by atoms with Crippen molar-refractivity contribution in [3.05, 3.63) is 66.2 Å². The van der Waals surface area contributed by atoms with E-state index in [1.165, 1.54) is 35.4 Å². The van der Waals surface area contributed by atoms with E-state index in [9.17, 15) is 9.18 Å². The van der Waals surface area contributed by atoms with Gasteiger partial charge in [0.25, 0.3) is 5.91 Å². The number of amides is 1. The largest absolute Gasteiger partial charge is 0.496 e. The number of hydrogen-bond acceptors (Lipinski definition) is 5. The summed E-state index contributed by atoms with van der Waals surface area (Å²) in [6.07, 6.45) is 5.43. The minimum Gasteiger partial charge on any atom is -0.496 e. The van der Waals surface area contributed by atoms with E-state index in [1.54, 1.807) is 24.3 Å². The normalized spacial score (nSPS) is 20.1. The Labute approximate surface area is 178 Å². The van der Waals surface area contributed by atoms with Crippen LogP contribution in [0, 0.1) is 11.7 Å². The molecule has 7 nitrogen and oxygen atoms in total. The summed E-state index contributed by atoms with van der Waals surface area (Å²) in [5.41, 5.74) is 0.339. The second kappa shape index (κ2) is 8.94. The Hall–Kier alpha value is -3.42. The number of benzene rings is 2. The van der Waals surface area contributed by atoms with Crippen LogP contribution in [0.15, 0.2) is 54.9 Å². The summed E-state index contributed by atoms with van der Waals surface area (Å²) < 4.78 is 46.4. The van der Waals surface area contributed by atoms with Gasteiger partial charge in [-0.05, 0) is 49.2 Å². The lowest BCUT2D eigenvalue weighted by molar-refractivity contribution is 0.0915. The fourth-order valence-electron chi connectivity index (χ4n) is 3.74. The lowest BCUT2D eigenvalue weighted by Crippen LogP contribution is -2.40. The van der Waals surface area contributed by atoms with Crippen LogP contribution in [0.5, 0.6) is 11.5 Å². The molecule has 2 aromatic carbocycles. The van der Waals surface area contributed by atoms with Crippen molar-refractivity contribution in [2.24, 2.45) is 5.92 Å². The van der Waals surface area contributed by atoms with E-state index in [2.05, 4.69) is 15.5 Å². The highest BCUT2D eigenvalue weighted by atomic mass is 19.1. The number of aromatic nitrogens is 3. The zero-order chi connectivity index (χ0) is 23.4. The van der Waals surface area contributed by atoms with Crippen molar-refractivity contribution in [3.8, 4) is 17.2 Å². The van der Waals surface area contributed by atoms with Crippen LogP contribution < -0.4 is 14.8 Å². The molecule has 1 N–H and O–H groups in total. The highest BCUT2D eigenvalue weighted by molar-refractivity contribution is 6.00. The van der Waals surface area contributed by atoms with E-state index < -0.39 is 12.9 Å². The van der Waals surface area contributed by atoms with Gasteiger partial charge in [0.15, 0.2) is 0 Å². The molecule has 8 heteroatoms. The summed E-state index contributed by atoms with van der Waals surface area (Å²) in [5, 5.41) is 11.1. The molecule has 1 aromatic heterocycles. The van der Waals surface area contributed by atoms with Crippen LogP contribution in [0.25, 0.3) is 5.69 Å². The molecule has 1 aliphatic carbocycles. The van der Waals surface area contributed by atoms with Crippen molar-refractivity contribution in [2.75, 3.05) is 13.6 Å². The SMILES string of the molecule is [2H]C([2H])([2H])Oc1cccc(-n2nccn2)c1C(=O)N[C@H]1CCC[C@@H]1COc1ccc(F)cc1. The number of ether oxygens (including phenoxy) is 2. The number of nitrogens with zero attached hydrogens (tertiary/aromatic N) is 3. The van der Waals surface area contributed by atoms with Gasteiger partial charge in [-0.25, -0.2) is 4.39 Å². The van der Waals surface area contributed by atoms with Crippen molar-refractivity contribution in [3.63, 3.8) is 0 Å². The third-order valence-corrected chi connectivity index (χ3v) is 5.23. The Morgan fingerprint density at radius 2 is 2.03 bits per heavy atom. The zero-order valence-electron chi connectivity index (χ0n) is 19.1. The van der Waals surface area contributed by atoms with Crippen molar-refractivity contribution in [1.82, 2.24) is 20.3 Å². The van der Waals surface area contributed by atoms with E-state index in [0.29, 0.717) is 18.0 Å². The average Bonchev–Trinajstić information content (AvgIpc) is 3.44. The molecule has 4 rings (SSSR count). The first-order valence-electron chi connectivity index (χ1n) is 11.2. The third kappa shape index (κ3) is 4.27. The molecule has 1 heterocycles. The molecule has 1 fully saturated rings. The lowest BCUT2D eigenvalue weighted by Gasteiger charge is -2.22. The lowest BCUT2D eigenvalue weighted by atomic mass is 10.0. The molecule has 0 aliphatic heterocycles. The molecule has 0 spiro atoms. The first-order valence-corrected chi connectivity index (χ1v) is 9.68. The van der Waals surface area contributed by atoms with E-state index in [-0.39, 0.29) is 29.1 Å². The van der Waals surface area contributed by atoms with Crippen LogP contribution in [-0.2, 0) is 0 Å². The minimum absolute atomic E-state index is 0.0370. The first-order chi connectivity index (χ1) is 15.8. The van der Waals surface area contributed by atoms with Crippen LogP contribution in [0.4, 0.5) is 4.39 Å². The second-order valence-electron chi connectivity index (χ2n) is 7.11. The van der Waals surface area contributed by atoms with Gasteiger partial charge >= 0.3 is 0 Å². The number of rotatable bonds is 7. The molecular formula is C22H23FN4O3. The Morgan fingerprint density at radius 1 is 1.23 bits per heavy atom. The molecule has 30 heavy (non-hydrogen) atoms. The summed E-state index contributed by atoms with van der Waals surface area (Å²) in [6, 6.07) is 10.2. The maximum Gasteiger partial charge on any atom is 0.257 e. The Balaban J connectivity index is 1.53. The topological polar surface area (TPSA) is 78.3 Å². The van der Waals surface area contributed by atoms with Gasteiger partial charge in [0, 0.05) is 12.0 Å². The van der Waals surface area contributed by atoms with Gasteiger partial charge in [-0.1, -0.05) is 12.5 Å². The second-order valence-corrected chi connectivity index (χ2v) is 7.11. The zero-order valence-corrected chi connectivity index (χ0v) is 16.1. The molecular weight excluding hydrogens is 387 g/mol.